The molecule has 2 heterocycles. The number of nitrogens with zero attached hydrogens (tertiary/aromatic N) is 4. The van der Waals surface area contributed by atoms with Crippen LogP contribution < -0.4 is 15.4 Å². The number of nitrogens with one attached hydrogen (secondary N) is 2. The Morgan fingerprint density at radius 1 is 1.03 bits per heavy atom. The maximum Gasteiger partial charge on any atom is 0.323 e. The molecule has 0 saturated heterocycles. The van der Waals surface area contributed by atoms with Crippen molar-refractivity contribution in [3.05, 3.63) is 84.7 Å². The zero-order valence-corrected chi connectivity index (χ0v) is 16.2. The summed E-state index contributed by atoms with van der Waals surface area (Å²) in [7, 11) is 0. The first kappa shape index (κ1) is 20.0. The Morgan fingerprint density at radius 2 is 1.84 bits per heavy atom. The van der Waals surface area contributed by atoms with Gasteiger partial charge in [-0.05, 0) is 43.3 Å². The van der Waals surface area contributed by atoms with E-state index in [1.165, 1.54) is 0 Å². The van der Waals surface area contributed by atoms with E-state index in [0.717, 1.165) is 12.1 Å². The first-order chi connectivity index (χ1) is 15.0. The van der Waals surface area contributed by atoms with E-state index in [9.17, 15) is 13.6 Å². The molecule has 0 aliphatic heterocycles. The summed E-state index contributed by atoms with van der Waals surface area (Å²) in [6.07, 6.45) is 5.02. The van der Waals surface area contributed by atoms with Crippen molar-refractivity contribution in [2.24, 2.45) is 0 Å². The molecule has 2 N–H and O–H groups in total. The summed E-state index contributed by atoms with van der Waals surface area (Å²) < 4.78 is 34.1. The van der Waals surface area contributed by atoms with Crippen LogP contribution in [0.4, 0.5) is 25.0 Å². The molecule has 10 heteroatoms. The summed E-state index contributed by atoms with van der Waals surface area (Å²) >= 11 is 0. The van der Waals surface area contributed by atoms with E-state index in [4.69, 9.17) is 4.74 Å². The second kappa shape index (κ2) is 8.57. The zero-order chi connectivity index (χ0) is 21.8. The lowest BCUT2D eigenvalue weighted by atomic mass is 10.3. The molecule has 0 unspecified atom stereocenters. The van der Waals surface area contributed by atoms with Gasteiger partial charge in [0, 0.05) is 30.2 Å². The van der Waals surface area contributed by atoms with Crippen molar-refractivity contribution in [1.82, 2.24) is 19.5 Å². The Hall–Kier alpha value is -4.34. The number of urea groups is 1. The van der Waals surface area contributed by atoms with Crippen LogP contribution in [0.25, 0.3) is 5.82 Å². The predicted octanol–water partition coefficient (Wildman–Crippen LogP) is 4.69. The number of halogens is 2. The summed E-state index contributed by atoms with van der Waals surface area (Å²) in [6.45, 7) is 1.75. The summed E-state index contributed by atoms with van der Waals surface area (Å²) in [5.41, 5.74) is 0.317. The van der Waals surface area contributed by atoms with Crippen LogP contribution in [0.1, 0.15) is 5.82 Å². The van der Waals surface area contributed by atoms with Crippen molar-refractivity contribution in [3.8, 4) is 17.4 Å². The highest BCUT2D eigenvalue weighted by atomic mass is 19.1. The minimum absolute atomic E-state index is 0.133. The second-order valence-corrected chi connectivity index (χ2v) is 6.41. The lowest BCUT2D eigenvalue weighted by Crippen LogP contribution is -2.20. The molecule has 31 heavy (non-hydrogen) atoms. The average molecular weight is 422 g/mol. The van der Waals surface area contributed by atoms with Crippen molar-refractivity contribution >= 4 is 17.4 Å². The van der Waals surface area contributed by atoms with Gasteiger partial charge in [-0.3, -0.25) is 4.57 Å². The van der Waals surface area contributed by atoms with Gasteiger partial charge in [-0.25, -0.2) is 23.5 Å². The van der Waals surface area contributed by atoms with Gasteiger partial charge in [0.2, 0.25) is 5.88 Å². The van der Waals surface area contributed by atoms with Gasteiger partial charge >= 0.3 is 6.03 Å². The summed E-state index contributed by atoms with van der Waals surface area (Å²) in [4.78, 5) is 24.6. The molecule has 0 spiro atoms. The molecule has 2 aromatic heterocycles. The van der Waals surface area contributed by atoms with Crippen molar-refractivity contribution in [3.63, 3.8) is 0 Å². The Bertz CT molecular complexity index is 1210. The molecular formula is C21H16F2N6O2. The van der Waals surface area contributed by atoms with Gasteiger partial charge in [0.25, 0.3) is 0 Å². The SMILES string of the molecule is Cc1nc(Oc2ccc(NC(=O)Nc3ccc(F)cc3F)cc2)cc(-n2ccnc2)n1. The number of amides is 2. The maximum atomic E-state index is 13.6. The van der Waals surface area contributed by atoms with Gasteiger partial charge in [-0.1, -0.05) is 0 Å². The third-order valence-electron chi connectivity index (χ3n) is 4.08. The van der Waals surface area contributed by atoms with E-state index < -0.39 is 17.7 Å². The monoisotopic (exact) mass is 422 g/mol. The molecule has 2 aromatic carbocycles. The molecule has 156 valence electrons. The number of carbonyl (C=O) groups excluding carboxylic acids is 1. The fourth-order valence-electron chi connectivity index (χ4n) is 2.71. The van der Waals surface area contributed by atoms with Crippen LogP contribution in [0.15, 0.2) is 67.3 Å². The third kappa shape index (κ3) is 4.99. The van der Waals surface area contributed by atoms with Crippen molar-refractivity contribution < 1.29 is 18.3 Å². The summed E-state index contributed by atoms with van der Waals surface area (Å²) in [6, 6.07) is 10.4. The number of ether oxygens (including phenoxy) is 1. The van der Waals surface area contributed by atoms with Gasteiger partial charge in [-0.2, -0.15) is 4.98 Å². The van der Waals surface area contributed by atoms with E-state index >= 15 is 0 Å². The number of hydrogen-bond acceptors (Lipinski definition) is 5. The van der Waals surface area contributed by atoms with Gasteiger partial charge in [0.15, 0.2) is 0 Å². The molecule has 0 bridgehead atoms. The van der Waals surface area contributed by atoms with Crippen LogP contribution in [0.2, 0.25) is 0 Å². The number of carbonyl (C=O) groups is 1. The number of benzene rings is 2. The number of aryl methyl sites for hydroxylation is 1. The molecule has 2 amide bonds. The highest BCUT2D eigenvalue weighted by Gasteiger charge is 2.09. The Labute approximate surface area is 175 Å². The molecule has 0 saturated carbocycles. The Morgan fingerprint density at radius 3 is 2.55 bits per heavy atom. The van der Waals surface area contributed by atoms with Crippen LogP contribution in [0.3, 0.4) is 0 Å². The summed E-state index contributed by atoms with van der Waals surface area (Å²) in [5.74, 6) is 0.392. The molecule has 8 nitrogen and oxygen atoms in total. The standard InChI is InChI=1S/C21H16F2N6O2/c1-13-25-19(29-9-8-24-12-29)11-20(26-13)31-16-5-3-15(4-6-16)27-21(30)28-18-7-2-14(22)10-17(18)23/h2-12H,1H3,(H2,27,28,30). The van der Waals surface area contributed by atoms with Crippen LogP contribution in [0.5, 0.6) is 11.6 Å². The molecule has 4 aromatic rings. The fraction of sp³-hybridized carbons (Fsp3) is 0.0476. The van der Waals surface area contributed by atoms with Gasteiger partial charge in [0.05, 0.1) is 5.69 Å². The fourth-order valence-corrected chi connectivity index (χ4v) is 2.71. The molecule has 0 radical (unpaired) electrons. The number of hydrogen-bond donors (Lipinski definition) is 2. The smallest absolute Gasteiger partial charge is 0.323 e. The van der Waals surface area contributed by atoms with E-state index in [-0.39, 0.29) is 5.69 Å². The van der Waals surface area contributed by atoms with Crippen molar-refractivity contribution in [1.29, 1.82) is 0 Å². The zero-order valence-electron chi connectivity index (χ0n) is 16.2. The summed E-state index contributed by atoms with van der Waals surface area (Å²) in [5, 5.41) is 4.88. The molecule has 0 fully saturated rings. The highest BCUT2D eigenvalue weighted by molar-refractivity contribution is 5.99. The largest absolute Gasteiger partial charge is 0.439 e. The predicted molar refractivity (Wildman–Crippen MR) is 109 cm³/mol. The minimum Gasteiger partial charge on any atom is -0.439 e. The van der Waals surface area contributed by atoms with E-state index in [1.54, 1.807) is 60.5 Å². The molecular weight excluding hydrogens is 406 g/mol. The van der Waals surface area contributed by atoms with Crippen LogP contribution in [-0.4, -0.2) is 25.6 Å². The van der Waals surface area contributed by atoms with Gasteiger partial charge < -0.3 is 15.4 Å². The highest BCUT2D eigenvalue weighted by Crippen LogP contribution is 2.23. The van der Waals surface area contributed by atoms with Crippen molar-refractivity contribution in [2.45, 2.75) is 6.92 Å². The van der Waals surface area contributed by atoms with E-state index in [0.29, 0.717) is 35.0 Å². The van der Waals surface area contributed by atoms with E-state index in [1.807, 2.05) is 0 Å². The molecule has 4 rings (SSSR count). The lowest BCUT2D eigenvalue weighted by Gasteiger charge is -2.10. The Balaban J connectivity index is 1.41. The first-order valence-corrected chi connectivity index (χ1v) is 9.11. The second-order valence-electron chi connectivity index (χ2n) is 6.41. The lowest BCUT2D eigenvalue weighted by molar-refractivity contribution is 0.262. The first-order valence-electron chi connectivity index (χ1n) is 9.11. The number of imidazole rings is 1. The van der Waals surface area contributed by atoms with Gasteiger partial charge in [-0.15, -0.1) is 0 Å². The van der Waals surface area contributed by atoms with Crippen LogP contribution >= 0.6 is 0 Å². The third-order valence-corrected chi connectivity index (χ3v) is 4.08. The van der Waals surface area contributed by atoms with Gasteiger partial charge in [0.1, 0.15) is 35.4 Å². The van der Waals surface area contributed by atoms with Crippen molar-refractivity contribution in [2.75, 3.05) is 10.6 Å². The topological polar surface area (TPSA) is 94.0 Å². The molecule has 0 atom stereocenters. The molecule has 0 aliphatic rings. The number of rotatable bonds is 5. The maximum absolute atomic E-state index is 13.6. The average Bonchev–Trinajstić information content (AvgIpc) is 3.26. The Kier molecular flexibility index (Phi) is 5.52. The van der Waals surface area contributed by atoms with Crippen LogP contribution in [-0.2, 0) is 0 Å². The normalized spacial score (nSPS) is 10.5. The quantitative estimate of drug-likeness (QED) is 0.487. The molecule has 0 aliphatic carbocycles. The van der Waals surface area contributed by atoms with Crippen LogP contribution in [0, 0.1) is 18.6 Å². The number of anilines is 2. The number of aromatic nitrogens is 4. The minimum atomic E-state index is -0.867. The van der Waals surface area contributed by atoms with E-state index in [2.05, 4.69) is 25.6 Å².